The second-order valence-corrected chi connectivity index (χ2v) is 9.25. The van der Waals surface area contributed by atoms with Crippen LogP contribution in [0.4, 0.5) is 0 Å². The Morgan fingerprint density at radius 1 is 1.00 bits per heavy atom. The van der Waals surface area contributed by atoms with Crippen molar-refractivity contribution in [1.29, 1.82) is 0 Å². The molecule has 3 atom stereocenters. The van der Waals surface area contributed by atoms with Crippen molar-refractivity contribution in [2.75, 3.05) is 19.7 Å². The van der Waals surface area contributed by atoms with Crippen molar-refractivity contribution in [3.8, 4) is 16.9 Å². The zero-order chi connectivity index (χ0) is 21.5. The Hall–Kier alpha value is -2.96. The van der Waals surface area contributed by atoms with Gasteiger partial charge in [-0.1, -0.05) is 48.5 Å². The van der Waals surface area contributed by atoms with Gasteiger partial charge < -0.3 is 10.1 Å². The molecular weight excluding hydrogens is 400 g/mol. The van der Waals surface area contributed by atoms with Crippen LogP contribution in [0.2, 0.25) is 0 Å². The maximum Gasteiger partial charge on any atom is 0.270 e. The normalized spacial score (nSPS) is 25.4. The summed E-state index contributed by atoms with van der Waals surface area (Å²) in [5.74, 6) is 0.675. The number of nitrogens with zero attached hydrogens (tertiary/aromatic N) is 3. The number of benzene rings is 2. The van der Waals surface area contributed by atoms with E-state index in [-0.39, 0.29) is 11.9 Å². The molecule has 3 fully saturated rings. The Morgan fingerprint density at radius 2 is 1.75 bits per heavy atom. The molecule has 2 saturated heterocycles. The molecule has 0 unspecified atom stereocenters. The van der Waals surface area contributed by atoms with Crippen molar-refractivity contribution in [1.82, 2.24) is 20.0 Å². The number of hydrogen-bond donors (Lipinski definition) is 1. The highest BCUT2D eigenvalue weighted by Crippen LogP contribution is 2.38. The quantitative estimate of drug-likeness (QED) is 0.676. The molecule has 32 heavy (non-hydrogen) atoms. The first-order valence-corrected chi connectivity index (χ1v) is 11.6. The van der Waals surface area contributed by atoms with Crippen molar-refractivity contribution >= 4 is 5.91 Å². The van der Waals surface area contributed by atoms with E-state index in [0.29, 0.717) is 17.8 Å². The van der Waals surface area contributed by atoms with Crippen LogP contribution in [0.15, 0.2) is 66.7 Å². The summed E-state index contributed by atoms with van der Waals surface area (Å²) in [5, 5.41) is 8.07. The molecule has 6 heteroatoms. The zero-order valence-electron chi connectivity index (χ0n) is 18.1. The number of para-hydroxylation sites is 1. The summed E-state index contributed by atoms with van der Waals surface area (Å²) >= 11 is 0. The van der Waals surface area contributed by atoms with Crippen LogP contribution in [-0.4, -0.2) is 58.5 Å². The molecule has 2 aliphatic heterocycles. The first-order valence-electron chi connectivity index (χ1n) is 11.6. The lowest BCUT2D eigenvalue weighted by atomic mass is 10.1. The maximum atomic E-state index is 13.4. The topological polar surface area (TPSA) is 59.4 Å². The number of rotatable bonds is 5. The molecule has 1 amide bonds. The van der Waals surface area contributed by atoms with Crippen LogP contribution in [0, 0.1) is 5.92 Å². The third kappa shape index (κ3) is 3.85. The van der Waals surface area contributed by atoms with E-state index in [4.69, 9.17) is 9.84 Å². The molecule has 1 N–H and O–H groups in total. The summed E-state index contributed by atoms with van der Waals surface area (Å²) in [6.45, 7) is 2.68. The maximum absolute atomic E-state index is 13.4. The fraction of sp³-hybridized carbons (Fsp3) is 0.385. The number of amides is 1. The summed E-state index contributed by atoms with van der Waals surface area (Å²) in [6.07, 6.45) is 3.93. The molecule has 1 aliphatic carbocycles. The first-order chi connectivity index (χ1) is 15.7. The Balaban J connectivity index is 1.23. The van der Waals surface area contributed by atoms with Gasteiger partial charge in [0.1, 0.15) is 5.69 Å². The first kappa shape index (κ1) is 19.7. The average molecular weight is 429 g/mol. The number of hydrogen-bond acceptors (Lipinski definition) is 4. The summed E-state index contributed by atoms with van der Waals surface area (Å²) in [7, 11) is 0. The average Bonchev–Trinajstić information content (AvgIpc) is 3.46. The molecule has 3 aromatic rings. The van der Waals surface area contributed by atoms with Gasteiger partial charge in [0.25, 0.3) is 5.91 Å². The van der Waals surface area contributed by atoms with Crippen molar-refractivity contribution in [2.45, 2.75) is 37.5 Å². The van der Waals surface area contributed by atoms with Gasteiger partial charge in [-0.25, -0.2) is 4.68 Å². The van der Waals surface area contributed by atoms with Gasteiger partial charge in [0.05, 0.1) is 24.1 Å². The molecule has 1 saturated carbocycles. The number of nitrogens with one attached hydrogen (secondary N) is 1. The van der Waals surface area contributed by atoms with Gasteiger partial charge in [0, 0.05) is 30.7 Å². The molecule has 6 nitrogen and oxygen atoms in total. The summed E-state index contributed by atoms with van der Waals surface area (Å²) < 4.78 is 7.87. The van der Waals surface area contributed by atoms with Gasteiger partial charge in [-0.15, -0.1) is 0 Å². The molecular formula is C26H28N4O2. The number of aromatic nitrogens is 2. The molecule has 3 aliphatic rings. The lowest BCUT2D eigenvalue weighted by Crippen LogP contribution is -2.47. The highest BCUT2D eigenvalue weighted by atomic mass is 16.5. The van der Waals surface area contributed by atoms with E-state index in [2.05, 4.69) is 10.2 Å². The molecule has 1 aromatic heterocycles. The van der Waals surface area contributed by atoms with Gasteiger partial charge in [0.15, 0.2) is 0 Å². The number of morpholine rings is 1. The Labute approximate surface area is 188 Å². The van der Waals surface area contributed by atoms with Gasteiger partial charge in [-0.05, 0) is 43.4 Å². The molecule has 164 valence electrons. The Kier molecular flexibility index (Phi) is 5.04. The van der Waals surface area contributed by atoms with Crippen LogP contribution in [0.25, 0.3) is 16.9 Å². The van der Waals surface area contributed by atoms with E-state index in [1.807, 2.05) is 66.7 Å². The van der Waals surface area contributed by atoms with E-state index in [0.717, 1.165) is 49.0 Å². The lowest BCUT2D eigenvalue weighted by molar-refractivity contribution is -0.0581. The third-order valence-electron chi connectivity index (χ3n) is 6.94. The summed E-state index contributed by atoms with van der Waals surface area (Å²) in [6, 6.07) is 22.3. The van der Waals surface area contributed by atoms with Crippen LogP contribution >= 0.6 is 0 Å². The number of carbonyl (C=O) groups excluding carboxylic acids is 1. The van der Waals surface area contributed by atoms with Gasteiger partial charge in [-0.2, -0.15) is 5.10 Å². The SMILES string of the molecule is O=C(N[C@@H]1C[C@H]2CO[C@@H](C3CC3)CN2C1)c1cc(-c2ccccc2)nn1-c1ccccc1. The van der Waals surface area contributed by atoms with Crippen molar-refractivity contribution in [3.63, 3.8) is 0 Å². The zero-order valence-corrected chi connectivity index (χ0v) is 18.1. The fourth-order valence-electron chi connectivity index (χ4n) is 5.08. The minimum absolute atomic E-state index is 0.0759. The molecule has 6 rings (SSSR count). The predicted octanol–water partition coefficient (Wildman–Crippen LogP) is 3.52. The minimum atomic E-state index is -0.0759. The molecule has 0 bridgehead atoms. The van der Waals surface area contributed by atoms with E-state index in [1.54, 1.807) is 4.68 Å². The van der Waals surface area contributed by atoms with Gasteiger partial charge >= 0.3 is 0 Å². The Bertz CT molecular complexity index is 1090. The molecule has 3 heterocycles. The van der Waals surface area contributed by atoms with Crippen molar-refractivity contribution < 1.29 is 9.53 Å². The minimum Gasteiger partial charge on any atom is -0.375 e. The van der Waals surface area contributed by atoms with Crippen LogP contribution in [-0.2, 0) is 4.74 Å². The van der Waals surface area contributed by atoms with E-state index in [9.17, 15) is 4.79 Å². The van der Waals surface area contributed by atoms with Crippen LogP contribution in [0.3, 0.4) is 0 Å². The molecule has 2 aromatic carbocycles. The summed E-state index contributed by atoms with van der Waals surface area (Å²) in [5.41, 5.74) is 3.23. The summed E-state index contributed by atoms with van der Waals surface area (Å²) in [4.78, 5) is 15.9. The highest BCUT2D eigenvalue weighted by molar-refractivity contribution is 5.94. The molecule has 0 spiro atoms. The van der Waals surface area contributed by atoms with Crippen LogP contribution in [0.1, 0.15) is 29.8 Å². The van der Waals surface area contributed by atoms with Crippen LogP contribution in [0.5, 0.6) is 0 Å². The third-order valence-corrected chi connectivity index (χ3v) is 6.94. The largest absolute Gasteiger partial charge is 0.375 e. The lowest BCUT2D eigenvalue weighted by Gasteiger charge is -2.35. The number of fused-ring (bicyclic) bond motifs is 1. The van der Waals surface area contributed by atoms with Crippen molar-refractivity contribution in [2.24, 2.45) is 5.92 Å². The molecule has 0 radical (unpaired) electrons. The van der Waals surface area contributed by atoms with E-state index in [1.165, 1.54) is 12.8 Å². The van der Waals surface area contributed by atoms with E-state index >= 15 is 0 Å². The van der Waals surface area contributed by atoms with Crippen molar-refractivity contribution in [3.05, 3.63) is 72.4 Å². The number of carbonyl (C=O) groups is 1. The smallest absolute Gasteiger partial charge is 0.270 e. The highest BCUT2D eigenvalue weighted by Gasteiger charge is 2.42. The van der Waals surface area contributed by atoms with Gasteiger partial charge in [-0.3, -0.25) is 9.69 Å². The second-order valence-electron chi connectivity index (χ2n) is 9.25. The second kappa shape index (κ2) is 8.19. The van der Waals surface area contributed by atoms with Crippen LogP contribution < -0.4 is 5.32 Å². The number of ether oxygens (including phenoxy) is 1. The van der Waals surface area contributed by atoms with E-state index < -0.39 is 0 Å². The van der Waals surface area contributed by atoms with Gasteiger partial charge in [0.2, 0.25) is 0 Å². The Morgan fingerprint density at radius 3 is 2.50 bits per heavy atom. The fourth-order valence-corrected chi connectivity index (χ4v) is 5.08. The monoisotopic (exact) mass is 428 g/mol. The predicted molar refractivity (Wildman–Crippen MR) is 123 cm³/mol. The standard InChI is InChI=1S/C26H28N4O2/c31-26(27-20-13-22-17-32-25(19-11-12-19)16-29(22)15-20)24-14-23(18-7-3-1-4-8-18)28-30(24)21-9-5-2-6-10-21/h1-10,14,19-20,22,25H,11-13,15-17H2,(H,27,31)/t20-,22+,25-/m1/s1.